The molecule has 1 aromatic heterocycles. The van der Waals surface area contributed by atoms with Crippen molar-refractivity contribution in [3.63, 3.8) is 0 Å². The van der Waals surface area contributed by atoms with Gasteiger partial charge in [-0.2, -0.15) is 0 Å². The molecule has 2 heterocycles. The molecule has 1 aliphatic rings. The molecule has 1 aliphatic heterocycles. The molecule has 0 aliphatic carbocycles. The van der Waals surface area contributed by atoms with Gasteiger partial charge in [0.2, 0.25) is 0 Å². The normalized spacial score (nSPS) is 14.7. The Hall–Kier alpha value is -3.04. The van der Waals surface area contributed by atoms with Gasteiger partial charge in [-0.1, -0.05) is 0 Å². The van der Waals surface area contributed by atoms with Crippen LogP contribution in [0.1, 0.15) is 24.3 Å². The van der Waals surface area contributed by atoms with Gasteiger partial charge in [-0.3, -0.25) is 0 Å². The predicted octanol–water partition coefficient (Wildman–Crippen LogP) is 3.38. The minimum absolute atomic E-state index is 0.00827. The fourth-order valence-corrected chi connectivity index (χ4v) is 8.63. The Morgan fingerprint density at radius 1 is 1.09 bits per heavy atom. The molecule has 15 heteroatoms. The van der Waals surface area contributed by atoms with E-state index in [2.05, 4.69) is 5.48 Å². The molecule has 2 N–H and O–H groups in total. The number of methoxy groups -OCH3 is 1. The molecule has 4 aromatic rings. The second-order valence-electron chi connectivity index (χ2n) is 9.73. The van der Waals surface area contributed by atoms with Crippen LogP contribution < -0.4 is 24.4 Å². The number of rotatable bonds is 13. The predicted molar refractivity (Wildman–Crippen MR) is 162 cm³/mol. The van der Waals surface area contributed by atoms with Gasteiger partial charge in [0.25, 0.3) is 0 Å². The topological polar surface area (TPSA) is 135 Å². The molecule has 0 bridgehead atoms. The zero-order chi connectivity index (χ0) is 30.8. The Bertz CT molecular complexity index is 1910. The standard InChI is InChI=1S/C28H30FN3O8S2Se/c1-3-30-40-42(36,37)17-7-15-32-26-21-9-5-4-8-19(21)10-13-24(26)43-28(32)25(29)27-31(14-6-16-41(33,34)35)22-18-20(38-2)11-12-23(22)39-27/h4-5,8-13,18,30H,3,6-7,14-17H2,1-2H3/p+1. The second kappa shape index (κ2) is 12.9. The third-order valence-corrected chi connectivity index (χ3v) is 11.1. The Morgan fingerprint density at radius 3 is 2.63 bits per heavy atom. The molecule has 0 unspecified atom stereocenters. The second-order valence-corrected chi connectivity index (χ2v) is 15.2. The van der Waals surface area contributed by atoms with Gasteiger partial charge in [0.15, 0.2) is 0 Å². The van der Waals surface area contributed by atoms with Gasteiger partial charge in [-0.05, 0) is 0 Å². The minimum atomic E-state index is -4.23. The van der Waals surface area contributed by atoms with Gasteiger partial charge in [0, 0.05) is 0 Å². The Balaban J connectivity index is 1.61. The van der Waals surface area contributed by atoms with Gasteiger partial charge in [0.1, 0.15) is 0 Å². The maximum atomic E-state index is 16.8. The molecule has 230 valence electrons. The van der Waals surface area contributed by atoms with Crippen LogP contribution in [0.5, 0.6) is 11.5 Å². The average Bonchev–Trinajstić information content (AvgIpc) is 3.53. The van der Waals surface area contributed by atoms with Crippen molar-refractivity contribution in [3.8, 4) is 11.5 Å². The summed E-state index contributed by atoms with van der Waals surface area (Å²) in [5, 5.41) is 1.87. The van der Waals surface area contributed by atoms with Crippen molar-refractivity contribution < 1.29 is 44.1 Å². The van der Waals surface area contributed by atoms with E-state index < -0.39 is 46.3 Å². The number of hydroxylamine groups is 1. The van der Waals surface area contributed by atoms with Crippen molar-refractivity contribution in [2.45, 2.75) is 26.3 Å². The van der Waals surface area contributed by atoms with E-state index in [1.54, 1.807) is 25.1 Å². The van der Waals surface area contributed by atoms with E-state index in [4.69, 9.17) is 13.8 Å². The van der Waals surface area contributed by atoms with Crippen LogP contribution in [0.3, 0.4) is 0 Å². The Kier molecular flexibility index (Phi) is 9.42. The molecule has 0 atom stereocenters. The first-order valence-electron chi connectivity index (χ1n) is 13.5. The van der Waals surface area contributed by atoms with Crippen LogP contribution in [-0.2, 0) is 31.1 Å². The summed E-state index contributed by atoms with van der Waals surface area (Å²) in [6.07, 6.45) is 0.170. The fraction of sp³-hybridized carbons (Fsp3) is 0.321. The van der Waals surface area contributed by atoms with E-state index in [-0.39, 0.29) is 37.6 Å². The zero-order valence-electron chi connectivity index (χ0n) is 23.4. The summed E-state index contributed by atoms with van der Waals surface area (Å²) in [4.78, 5) is 1.54. The van der Waals surface area contributed by atoms with Crippen LogP contribution >= 0.6 is 0 Å². The molecule has 11 nitrogen and oxygen atoms in total. The van der Waals surface area contributed by atoms with E-state index >= 15 is 4.39 Å². The number of hydrogen-bond donors (Lipinski definition) is 2. The fourth-order valence-electron chi connectivity index (χ4n) is 4.90. The summed E-state index contributed by atoms with van der Waals surface area (Å²) in [5.41, 5.74) is 3.67. The first-order valence-corrected chi connectivity index (χ1v) is 18.4. The van der Waals surface area contributed by atoms with E-state index in [9.17, 15) is 21.4 Å². The summed E-state index contributed by atoms with van der Waals surface area (Å²) in [6.45, 7) is 2.27. The number of hydrogen-bond acceptors (Lipinski definition) is 9. The van der Waals surface area contributed by atoms with Crippen molar-refractivity contribution in [1.82, 2.24) is 5.48 Å². The molecule has 0 spiro atoms. The first-order chi connectivity index (χ1) is 20.5. The van der Waals surface area contributed by atoms with Gasteiger partial charge >= 0.3 is 256 Å². The molecule has 3 aromatic carbocycles. The number of aryl methyl sites for hydroxylation is 1. The van der Waals surface area contributed by atoms with Gasteiger partial charge in [-0.25, -0.2) is 0 Å². The zero-order valence-corrected chi connectivity index (χ0v) is 26.8. The van der Waals surface area contributed by atoms with Gasteiger partial charge < -0.3 is 0 Å². The van der Waals surface area contributed by atoms with Crippen LogP contribution in [0.25, 0.3) is 26.4 Å². The molecule has 0 fully saturated rings. The Labute approximate surface area is 255 Å². The first kappa shape index (κ1) is 31.4. The van der Waals surface area contributed by atoms with Crippen molar-refractivity contribution in [2.24, 2.45) is 0 Å². The van der Waals surface area contributed by atoms with E-state index in [1.165, 1.54) is 12.0 Å². The number of nitrogens with one attached hydrogen (secondary N) is 1. The monoisotopic (exact) mass is 700 g/mol. The summed E-state index contributed by atoms with van der Waals surface area (Å²) >= 11 is -0.508. The quantitative estimate of drug-likeness (QED) is 0.0926. The maximum absolute atomic E-state index is 16.8. The number of nitrogens with zero attached hydrogens (tertiary/aromatic N) is 2. The number of aromatic nitrogens is 1. The molecule has 0 amide bonds. The number of benzene rings is 3. The van der Waals surface area contributed by atoms with Crippen LogP contribution in [0, 0.1) is 0 Å². The third-order valence-electron chi connectivity index (χ3n) is 6.76. The van der Waals surface area contributed by atoms with Gasteiger partial charge in [0.05, 0.1) is 0 Å². The third kappa shape index (κ3) is 7.04. The molecule has 43 heavy (non-hydrogen) atoms. The van der Waals surface area contributed by atoms with Crippen molar-refractivity contribution in [1.29, 1.82) is 0 Å². The van der Waals surface area contributed by atoms with E-state index in [0.29, 0.717) is 28.3 Å². The number of ether oxygens (including phenoxy) is 2. The summed E-state index contributed by atoms with van der Waals surface area (Å²) in [7, 11) is -6.58. The summed E-state index contributed by atoms with van der Waals surface area (Å²) in [5.74, 6) is -0.674. The Morgan fingerprint density at radius 2 is 1.88 bits per heavy atom. The molecule has 0 saturated carbocycles. The summed E-state index contributed by atoms with van der Waals surface area (Å²) < 4.78 is 92.9. The molecule has 0 radical (unpaired) electrons. The number of halogens is 1. The van der Waals surface area contributed by atoms with E-state index in [1.807, 2.05) is 41.0 Å². The van der Waals surface area contributed by atoms with E-state index in [0.717, 1.165) is 20.5 Å². The SMILES string of the molecule is CCNOS(=O)(=O)CCC[n+]1c(C(F)=C2Oc3ccc(OC)cc3N2CCCS(=O)(=O)O)[se]c2ccc3ccccc3c21. The molecule has 0 saturated heterocycles. The number of anilines is 1. The van der Waals surface area contributed by atoms with Crippen LogP contribution in [-0.4, -0.2) is 67.6 Å². The van der Waals surface area contributed by atoms with Crippen LogP contribution in [0.4, 0.5) is 10.1 Å². The molecule has 5 rings (SSSR count). The van der Waals surface area contributed by atoms with Crippen molar-refractivity contribution in [2.75, 3.05) is 36.6 Å². The van der Waals surface area contributed by atoms with Crippen molar-refractivity contribution in [3.05, 3.63) is 65.0 Å². The summed E-state index contributed by atoms with van der Waals surface area (Å²) in [6, 6.07) is 16.6. The van der Waals surface area contributed by atoms with Gasteiger partial charge in [-0.15, -0.1) is 0 Å². The molecular formula is C28H31FN3O8S2Se+. The number of fused-ring (bicyclic) bond motifs is 4. The average molecular weight is 700 g/mol. The molecular weight excluding hydrogens is 668 g/mol. The van der Waals surface area contributed by atoms with Crippen LogP contribution in [0.15, 0.2) is 60.5 Å². The van der Waals surface area contributed by atoms with Crippen LogP contribution in [0.2, 0.25) is 0 Å². The van der Waals surface area contributed by atoms with Crippen molar-refractivity contribution >= 4 is 66.8 Å².